The van der Waals surface area contributed by atoms with Crippen LogP contribution in [0.1, 0.15) is 5.56 Å². The number of imide groups is 1. The van der Waals surface area contributed by atoms with Gasteiger partial charge in [0, 0.05) is 4.90 Å². The Morgan fingerprint density at radius 2 is 1.94 bits per heavy atom. The van der Waals surface area contributed by atoms with Crippen LogP contribution in [0.25, 0.3) is 6.08 Å². The zero-order valence-electron chi connectivity index (χ0n) is 8.52. The third kappa shape index (κ3) is 2.48. The van der Waals surface area contributed by atoms with E-state index < -0.39 is 0 Å². The van der Waals surface area contributed by atoms with Crippen molar-refractivity contribution in [3.05, 3.63) is 34.7 Å². The summed E-state index contributed by atoms with van der Waals surface area (Å²) in [5, 5.41) is 1.91. The second-order valence-electron chi connectivity index (χ2n) is 3.13. The van der Waals surface area contributed by atoms with E-state index >= 15 is 0 Å². The van der Waals surface area contributed by atoms with Gasteiger partial charge in [0.1, 0.15) is 0 Å². The van der Waals surface area contributed by atoms with Crippen LogP contribution < -0.4 is 5.32 Å². The van der Waals surface area contributed by atoms with Crippen LogP contribution in [0, 0.1) is 0 Å². The van der Waals surface area contributed by atoms with E-state index in [0.717, 1.165) is 17.3 Å². The molecular weight excluding hydrogens is 242 g/mol. The van der Waals surface area contributed by atoms with Crippen LogP contribution >= 0.6 is 23.5 Å². The Morgan fingerprint density at radius 3 is 2.44 bits per heavy atom. The van der Waals surface area contributed by atoms with E-state index in [4.69, 9.17) is 0 Å². The summed E-state index contributed by atoms with van der Waals surface area (Å²) in [7, 11) is 0. The third-order valence-corrected chi connectivity index (χ3v) is 3.61. The van der Waals surface area contributed by atoms with Crippen LogP contribution in [0.5, 0.6) is 0 Å². The second-order valence-corrected chi connectivity index (χ2v) is 5.02. The molecule has 82 valence electrons. The topological polar surface area (TPSA) is 46.2 Å². The van der Waals surface area contributed by atoms with Gasteiger partial charge in [-0.2, -0.15) is 0 Å². The number of thioether (sulfide) groups is 2. The molecule has 0 saturated carbocycles. The number of hydrogen-bond acceptors (Lipinski definition) is 4. The van der Waals surface area contributed by atoms with Gasteiger partial charge in [-0.15, -0.1) is 11.8 Å². The largest absolute Gasteiger partial charge is 0.290 e. The molecule has 1 aliphatic heterocycles. The SMILES string of the molecule is CSc1ccc(C=C2SC(=O)NC2=O)cc1. The highest BCUT2D eigenvalue weighted by Gasteiger charge is 2.24. The second kappa shape index (κ2) is 4.76. The molecule has 0 aromatic heterocycles. The first-order chi connectivity index (χ1) is 7.69. The van der Waals surface area contributed by atoms with Gasteiger partial charge >= 0.3 is 0 Å². The van der Waals surface area contributed by atoms with Crippen molar-refractivity contribution in [3.63, 3.8) is 0 Å². The van der Waals surface area contributed by atoms with Gasteiger partial charge in [0.25, 0.3) is 11.1 Å². The maximum atomic E-state index is 11.3. The molecule has 1 fully saturated rings. The molecular formula is C11H9NO2S2. The lowest BCUT2D eigenvalue weighted by molar-refractivity contribution is -0.115. The van der Waals surface area contributed by atoms with Gasteiger partial charge in [0.15, 0.2) is 0 Å². The van der Waals surface area contributed by atoms with Crippen molar-refractivity contribution in [2.45, 2.75) is 4.90 Å². The van der Waals surface area contributed by atoms with Crippen molar-refractivity contribution in [1.29, 1.82) is 0 Å². The van der Waals surface area contributed by atoms with Crippen molar-refractivity contribution in [2.24, 2.45) is 0 Å². The van der Waals surface area contributed by atoms with Crippen LogP contribution in [0.3, 0.4) is 0 Å². The Kier molecular flexibility index (Phi) is 3.36. The molecule has 0 aliphatic carbocycles. The van der Waals surface area contributed by atoms with Gasteiger partial charge in [-0.05, 0) is 41.8 Å². The van der Waals surface area contributed by atoms with Crippen molar-refractivity contribution in [1.82, 2.24) is 5.32 Å². The number of hydrogen-bond donors (Lipinski definition) is 1. The summed E-state index contributed by atoms with van der Waals surface area (Å²) >= 11 is 2.60. The van der Waals surface area contributed by atoms with Gasteiger partial charge in [-0.3, -0.25) is 14.9 Å². The first-order valence-electron chi connectivity index (χ1n) is 4.58. The average Bonchev–Trinajstić information content (AvgIpc) is 2.59. The number of nitrogens with one attached hydrogen (secondary N) is 1. The highest BCUT2D eigenvalue weighted by molar-refractivity contribution is 8.18. The first kappa shape index (κ1) is 11.3. The Labute approximate surface area is 102 Å². The summed E-state index contributed by atoms with van der Waals surface area (Å²) < 4.78 is 0. The molecule has 0 spiro atoms. The summed E-state index contributed by atoms with van der Waals surface area (Å²) in [6.45, 7) is 0. The molecule has 1 aromatic rings. The standard InChI is InChI=1S/C11H9NO2S2/c1-15-8-4-2-7(3-5-8)6-9-10(13)12-11(14)16-9/h2-6H,1H3,(H,12,13,14). The van der Waals surface area contributed by atoms with Gasteiger partial charge in [0.05, 0.1) is 4.91 Å². The quantitative estimate of drug-likeness (QED) is 0.648. The molecule has 1 heterocycles. The Bertz CT molecular complexity index is 465. The fraction of sp³-hybridized carbons (Fsp3) is 0.0909. The maximum absolute atomic E-state index is 11.3. The fourth-order valence-electron chi connectivity index (χ4n) is 1.27. The zero-order chi connectivity index (χ0) is 11.5. The summed E-state index contributed by atoms with van der Waals surface area (Å²) in [6, 6.07) is 7.82. The van der Waals surface area contributed by atoms with Crippen molar-refractivity contribution in [2.75, 3.05) is 6.26 Å². The highest BCUT2D eigenvalue weighted by Crippen LogP contribution is 2.26. The van der Waals surface area contributed by atoms with Crippen LogP contribution in [0.2, 0.25) is 0 Å². The van der Waals surface area contributed by atoms with E-state index in [1.165, 1.54) is 4.90 Å². The molecule has 2 rings (SSSR count). The molecule has 0 bridgehead atoms. The minimum absolute atomic E-state index is 0.308. The lowest BCUT2D eigenvalue weighted by Crippen LogP contribution is -2.17. The zero-order valence-corrected chi connectivity index (χ0v) is 10.2. The lowest BCUT2D eigenvalue weighted by atomic mass is 10.2. The molecule has 0 atom stereocenters. The summed E-state index contributed by atoms with van der Waals surface area (Å²) in [4.78, 5) is 23.8. The average molecular weight is 251 g/mol. The first-order valence-corrected chi connectivity index (χ1v) is 6.62. The number of carbonyl (C=O) groups is 2. The Hall–Kier alpha value is -1.20. The van der Waals surface area contributed by atoms with E-state index in [0.29, 0.717) is 4.91 Å². The molecule has 0 unspecified atom stereocenters. The van der Waals surface area contributed by atoms with Gasteiger partial charge in [-0.1, -0.05) is 12.1 Å². The Morgan fingerprint density at radius 1 is 1.25 bits per heavy atom. The van der Waals surface area contributed by atoms with Crippen molar-refractivity contribution in [3.8, 4) is 0 Å². The Balaban J connectivity index is 2.22. The molecule has 1 saturated heterocycles. The molecule has 1 aromatic carbocycles. The van der Waals surface area contributed by atoms with E-state index in [2.05, 4.69) is 5.32 Å². The van der Waals surface area contributed by atoms with Crippen molar-refractivity contribution < 1.29 is 9.59 Å². The number of carbonyl (C=O) groups excluding carboxylic acids is 2. The summed E-state index contributed by atoms with van der Waals surface area (Å²) in [5.74, 6) is -0.316. The maximum Gasteiger partial charge on any atom is 0.290 e. The summed E-state index contributed by atoms with van der Waals surface area (Å²) in [5.41, 5.74) is 0.921. The van der Waals surface area contributed by atoms with Gasteiger partial charge < -0.3 is 0 Å². The smallest absolute Gasteiger partial charge is 0.282 e. The lowest BCUT2D eigenvalue weighted by Gasteiger charge is -1.97. The molecule has 0 radical (unpaired) electrons. The summed E-state index contributed by atoms with van der Waals surface area (Å²) in [6.07, 6.45) is 3.72. The van der Waals surface area contributed by atoms with Crippen LogP contribution in [-0.4, -0.2) is 17.4 Å². The molecule has 1 aliphatic rings. The van der Waals surface area contributed by atoms with Crippen LogP contribution in [-0.2, 0) is 4.79 Å². The van der Waals surface area contributed by atoms with E-state index in [-0.39, 0.29) is 11.1 Å². The fourth-order valence-corrected chi connectivity index (χ4v) is 2.36. The van der Waals surface area contributed by atoms with Gasteiger partial charge in [-0.25, -0.2) is 0 Å². The normalized spacial score (nSPS) is 17.9. The van der Waals surface area contributed by atoms with E-state index in [9.17, 15) is 9.59 Å². The van der Waals surface area contributed by atoms with E-state index in [1.807, 2.05) is 30.5 Å². The monoisotopic (exact) mass is 251 g/mol. The molecule has 2 amide bonds. The number of rotatable bonds is 2. The van der Waals surface area contributed by atoms with Crippen molar-refractivity contribution >= 4 is 40.7 Å². The predicted molar refractivity (Wildman–Crippen MR) is 67.3 cm³/mol. The molecule has 3 nitrogen and oxygen atoms in total. The molecule has 5 heteroatoms. The third-order valence-electron chi connectivity index (χ3n) is 2.06. The van der Waals surface area contributed by atoms with Gasteiger partial charge in [0.2, 0.25) is 0 Å². The molecule has 16 heavy (non-hydrogen) atoms. The van der Waals surface area contributed by atoms with Crippen LogP contribution in [0.15, 0.2) is 34.1 Å². The predicted octanol–water partition coefficient (Wildman–Crippen LogP) is 2.73. The van der Waals surface area contributed by atoms with Crippen LogP contribution in [0.4, 0.5) is 4.79 Å². The minimum Gasteiger partial charge on any atom is -0.282 e. The number of benzene rings is 1. The number of amides is 2. The minimum atomic E-state index is -0.316. The highest BCUT2D eigenvalue weighted by atomic mass is 32.2. The molecule has 1 N–H and O–H groups in total. The van der Waals surface area contributed by atoms with E-state index in [1.54, 1.807) is 17.8 Å².